The maximum Gasteiger partial charge on any atom is 0.511 e. The zero-order valence-electron chi connectivity index (χ0n) is 15.9. The fourth-order valence-corrected chi connectivity index (χ4v) is 3.88. The number of piperazine rings is 1. The summed E-state index contributed by atoms with van der Waals surface area (Å²) in [5.41, 5.74) is -2.17. The minimum Gasteiger partial charge on any atom is -0.449 e. The third-order valence-electron chi connectivity index (χ3n) is 5.48. The number of hydrogen-bond donors (Lipinski definition) is 2. The summed E-state index contributed by atoms with van der Waals surface area (Å²) < 4.78 is 51.2. The van der Waals surface area contributed by atoms with Gasteiger partial charge in [0.25, 0.3) is 0 Å². The molecule has 11 heteroatoms. The molecule has 0 unspecified atom stereocenters. The van der Waals surface area contributed by atoms with Gasteiger partial charge < -0.3 is 24.4 Å². The molecule has 0 radical (unpaired) electrons. The Kier molecular flexibility index (Phi) is 5.33. The Morgan fingerprint density at radius 3 is 2.33 bits per heavy atom. The van der Waals surface area contributed by atoms with E-state index in [1.165, 1.54) is 9.47 Å². The predicted octanol–water partition coefficient (Wildman–Crippen LogP) is 1.92. The van der Waals surface area contributed by atoms with Crippen LogP contribution in [0.4, 0.5) is 23.7 Å². The number of anilines is 1. The minimum atomic E-state index is -1.78. The van der Waals surface area contributed by atoms with Gasteiger partial charge in [-0.3, -0.25) is 9.69 Å². The van der Waals surface area contributed by atoms with Gasteiger partial charge in [0.15, 0.2) is 23.2 Å². The van der Waals surface area contributed by atoms with Crippen LogP contribution < -0.4 is 15.1 Å². The van der Waals surface area contributed by atoms with Crippen molar-refractivity contribution in [3.63, 3.8) is 0 Å². The molecule has 1 aliphatic carbocycles. The van der Waals surface area contributed by atoms with Gasteiger partial charge in [-0.2, -0.15) is 0 Å². The van der Waals surface area contributed by atoms with Crippen LogP contribution in [0.15, 0.2) is 11.0 Å². The third-order valence-corrected chi connectivity index (χ3v) is 5.48. The Morgan fingerprint density at radius 1 is 1.10 bits per heavy atom. The van der Waals surface area contributed by atoms with Crippen LogP contribution in [-0.4, -0.2) is 65.2 Å². The number of aliphatic hydroxyl groups is 1. The van der Waals surface area contributed by atoms with E-state index < -0.39 is 51.4 Å². The summed E-state index contributed by atoms with van der Waals surface area (Å²) in [6, 6.07) is -0.266. The first-order chi connectivity index (χ1) is 14.3. The second-order valence-electron chi connectivity index (χ2n) is 7.40. The molecule has 2 N–H and O–H groups in total. The Morgan fingerprint density at radius 2 is 1.77 bits per heavy atom. The van der Waals surface area contributed by atoms with Crippen molar-refractivity contribution in [2.45, 2.75) is 18.9 Å². The molecule has 162 valence electrons. The largest absolute Gasteiger partial charge is 0.511 e. The van der Waals surface area contributed by atoms with E-state index in [0.29, 0.717) is 32.5 Å². The van der Waals surface area contributed by atoms with E-state index in [1.54, 1.807) is 0 Å². The van der Waals surface area contributed by atoms with E-state index in [0.717, 1.165) is 6.20 Å². The van der Waals surface area contributed by atoms with Gasteiger partial charge in [-0.05, 0) is 12.8 Å². The summed E-state index contributed by atoms with van der Waals surface area (Å²) in [7, 11) is 0. The van der Waals surface area contributed by atoms with Crippen molar-refractivity contribution < 1.29 is 32.9 Å². The van der Waals surface area contributed by atoms with Crippen LogP contribution in [0.2, 0.25) is 0 Å². The van der Waals surface area contributed by atoms with E-state index in [9.17, 15) is 14.0 Å². The highest BCUT2D eigenvalue weighted by Gasteiger charge is 2.34. The Hall–Kier alpha value is -2.79. The highest BCUT2D eigenvalue weighted by atomic mass is 19.2. The van der Waals surface area contributed by atoms with Crippen molar-refractivity contribution in [2.75, 3.05) is 44.2 Å². The second-order valence-corrected chi connectivity index (χ2v) is 7.40. The molecule has 0 amide bonds. The van der Waals surface area contributed by atoms with Gasteiger partial charge in [0.05, 0.1) is 23.7 Å². The molecule has 2 aromatic rings. The lowest BCUT2D eigenvalue weighted by atomic mass is 10.1. The fourth-order valence-electron chi connectivity index (χ4n) is 3.88. The molecule has 0 spiro atoms. The fraction of sp³-hybridized carbons (Fsp3) is 0.474. The molecule has 2 fully saturated rings. The van der Waals surface area contributed by atoms with Gasteiger partial charge in [0.1, 0.15) is 5.69 Å². The van der Waals surface area contributed by atoms with Crippen molar-refractivity contribution in [3.8, 4) is 5.75 Å². The van der Waals surface area contributed by atoms with E-state index in [1.807, 2.05) is 4.90 Å². The van der Waals surface area contributed by atoms with Crippen LogP contribution in [0, 0.1) is 17.5 Å². The van der Waals surface area contributed by atoms with Gasteiger partial charge in [-0.15, -0.1) is 0 Å². The summed E-state index contributed by atoms with van der Waals surface area (Å²) in [4.78, 5) is 26.7. The molecule has 2 aliphatic rings. The molecule has 1 aliphatic heterocycles. The number of aliphatic hydroxyl groups excluding tert-OH is 1. The maximum absolute atomic E-state index is 15.5. The summed E-state index contributed by atoms with van der Waals surface area (Å²) >= 11 is 0. The number of carbonyl (C=O) groups is 1. The molecule has 1 aromatic carbocycles. The summed E-state index contributed by atoms with van der Waals surface area (Å²) in [6.45, 7) is 1.68. The minimum absolute atomic E-state index is 0.0399. The first-order valence-electron chi connectivity index (χ1n) is 9.57. The molecule has 1 aromatic heterocycles. The average molecular weight is 427 g/mol. The van der Waals surface area contributed by atoms with Crippen LogP contribution in [0.5, 0.6) is 5.75 Å². The number of carboxylic acid groups (broad SMARTS) is 1. The number of pyridine rings is 1. The van der Waals surface area contributed by atoms with E-state index >= 15 is 8.78 Å². The molecular weight excluding hydrogens is 407 g/mol. The zero-order chi connectivity index (χ0) is 21.6. The number of halogens is 3. The highest BCUT2D eigenvalue weighted by molar-refractivity contribution is 5.86. The van der Waals surface area contributed by atoms with Crippen molar-refractivity contribution in [1.82, 2.24) is 9.47 Å². The van der Waals surface area contributed by atoms with Crippen LogP contribution in [-0.2, 0) is 0 Å². The van der Waals surface area contributed by atoms with Crippen molar-refractivity contribution in [2.24, 2.45) is 0 Å². The lowest BCUT2D eigenvalue weighted by molar-refractivity contribution is 0.143. The molecule has 2 heterocycles. The SMILES string of the molecule is O=C(O)Oc1cn(C2CC2)c2c(F)c(N3CCN(CCO)CC3)c(F)c(F)c2c1=O. The van der Waals surface area contributed by atoms with Gasteiger partial charge >= 0.3 is 6.16 Å². The summed E-state index contributed by atoms with van der Waals surface area (Å²) in [5.74, 6) is -4.80. The second kappa shape index (κ2) is 7.80. The van der Waals surface area contributed by atoms with Crippen LogP contribution >= 0.6 is 0 Å². The molecule has 0 bridgehead atoms. The Balaban J connectivity index is 1.88. The average Bonchev–Trinajstić information content (AvgIpc) is 3.54. The number of rotatable bonds is 5. The highest BCUT2D eigenvalue weighted by Crippen LogP contribution is 2.41. The lowest BCUT2D eigenvalue weighted by Crippen LogP contribution is -2.47. The molecule has 30 heavy (non-hydrogen) atoms. The molecule has 1 saturated carbocycles. The van der Waals surface area contributed by atoms with E-state index in [2.05, 4.69) is 4.74 Å². The van der Waals surface area contributed by atoms with Gasteiger partial charge in [0, 0.05) is 38.8 Å². The van der Waals surface area contributed by atoms with Crippen LogP contribution in [0.25, 0.3) is 10.9 Å². The van der Waals surface area contributed by atoms with Gasteiger partial charge in [-0.25, -0.2) is 18.0 Å². The number of nitrogens with zero attached hydrogens (tertiary/aromatic N) is 3. The Labute approximate surface area is 168 Å². The van der Waals surface area contributed by atoms with Crippen molar-refractivity contribution >= 4 is 22.7 Å². The quantitative estimate of drug-likeness (QED) is 0.556. The van der Waals surface area contributed by atoms with Crippen molar-refractivity contribution in [3.05, 3.63) is 33.9 Å². The van der Waals surface area contributed by atoms with E-state index in [-0.39, 0.29) is 25.7 Å². The topological polar surface area (TPSA) is 95.2 Å². The normalized spacial score (nSPS) is 17.5. The third kappa shape index (κ3) is 3.47. The molecule has 4 rings (SSSR count). The van der Waals surface area contributed by atoms with Crippen LogP contribution in [0.1, 0.15) is 18.9 Å². The summed E-state index contributed by atoms with van der Waals surface area (Å²) in [5, 5.41) is 17.0. The molecule has 8 nitrogen and oxygen atoms in total. The molecule has 0 atom stereocenters. The van der Waals surface area contributed by atoms with Crippen LogP contribution in [0.3, 0.4) is 0 Å². The van der Waals surface area contributed by atoms with Gasteiger partial charge in [-0.1, -0.05) is 0 Å². The number of fused-ring (bicyclic) bond motifs is 1. The number of aromatic nitrogens is 1. The van der Waals surface area contributed by atoms with Crippen molar-refractivity contribution in [1.29, 1.82) is 0 Å². The standard InChI is InChI=1S/C19H20F3N3O5/c20-13-12-16(25(10-1-2-10)9-11(18(12)27)30-19(28)29)15(22)17(14(13)21)24-5-3-23(4-6-24)7-8-26/h9-10,26H,1-8H2,(H,28,29). The Bertz CT molecular complexity index is 1060. The molecular formula is C19H20F3N3O5. The first kappa shape index (κ1) is 20.5. The lowest BCUT2D eigenvalue weighted by Gasteiger charge is -2.36. The number of ether oxygens (including phenoxy) is 1. The molecule has 1 saturated heterocycles. The van der Waals surface area contributed by atoms with Gasteiger partial charge in [0.2, 0.25) is 5.43 Å². The maximum atomic E-state index is 15.5. The first-order valence-corrected chi connectivity index (χ1v) is 9.57. The summed E-state index contributed by atoms with van der Waals surface area (Å²) in [6.07, 6.45) is 0.503. The number of benzene rings is 1. The van der Waals surface area contributed by atoms with E-state index in [4.69, 9.17) is 10.2 Å². The zero-order valence-corrected chi connectivity index (χ0v) is 15.9. The smallest absolute Gasteiger partial charge is 0.449 e. The monoisotopic (exact) mass is 427 g/mol. The predicted molar refractivity (Wildman–Crippen MR) is 101 cm³/mol. The number of hydrogen-bond acceptors (Lipinski definition) is 6. The number of β-amino-alcohol motifs (C(OH)–C–C–N with tert-alkyl or cyclic N) is 1.